The maximum Gasteiger partial charge on any atom is 0.216 e. The van der Waals surface area contributed by atoms with Crippen molar-refractivity contribution in [3.8, 4) is 22.5 Å². The minimum absolute atomic E-state index is 0. The number of aromatic nitrogens is 3. The molecule has 0 amide bonds. The maximum atomic E-state index is 9.27. The number of aryl methyl sites for hydroxylation is 5. The van der Waals surface area contributed by atoms with Gasteiger partial charge in [-0.05, 0) is 96.1 Å². The summed E-state index contributed by atoms with van der Waals surface area (Å²) < 4.78 is 72.4. The van der Waals surface area contributed by atoms with Crippen LogP contribution in [-0.2, 0) is 37.3 Å². The monoisotopic (exact) mass is 858 g/mol. The van der Waals surface area contributed by atoms with Crippen LogP contribution < -0.4 is 0 Å². The Morgan fingerprint density at radius 3 is 2.18 bits per heavy atom. The summed E-state index contributed by atoms with van der Waals surface area (Å²) in [6, 6.07) is 30.1. The first-order valence-corrected chi connectivity index (χ1v) is 16.7. The zero-order valence-corrected chi connectivity index (χ0v) is 32.6. The van der Waals surface area contributed by atoms with E-state index in [9.17, 15) is 2.74 Å². The molecule has 263 valence electrons. The fraction of sp³-hybridized carbons (Fsp3) is 0.283. The van der Waals surface area contributed by atoms with Crippen molar-refractivity contribution in [1.29, 1.82) is 0 Å². The van der Waals surface area contributed by atoms with Crippen LogP contribution >= 0.6 is 0 Å². The average molecular weight is 858 g/mol. The molecular formula is C46H47IrN3O-2. The van der Waals surface area contributed by atoms with Crippen LogP contribution in [-0.4, -0.2) is 15.0 Å². The van der Waals surface area contributed by atoms with Gasteiger partial charge in [-0.25, -0.2) is 4.98 Å². The Balaban J connectivity index is 0.000000347. The predicted octanol–water partition coefficient (Wildman–Crippen LogP) is 11.7. The van der Waals surface area contributed by atoms with E-state index in [1.54, 1.807) is 50.2 Å². The molecule has 0 N–H and O–H groups in total. The fourth-order valence-electron chi connectivity index (χ4n) is 5.84. The van der Waals surface area contributed by atoms with Crippen LogP contribution in [0.5, 0.6) is 0 Å². The summed E-state index contributed by atoms with van der Waals surface area (Å²) in [7, 11) is 0. The van der Waals surface area contributed by atoms with E-state index in [1.165, 1.54) is 29.0 Å². The molecule has 7 aromatic rings. The first kappa shape index (κ1) is 28.2. The molecular weight excluding hydrogens is 803 g/mol. The number of furan rings is 1. The van der Waals surface area contributed by atoms with Gasteiger partial charge in [0, 0.05) is 54.5 Å². The smallest absolute Gasteiger partial charge is 0.216 e. The molecule has 51 heavy (non-hydrogen) atoms. The third kappa shape index (κ3) is 8.38. The summed E-state index contributed by atoms with van der Waals surface area (Å²) in [4.78, 5) is 13.1. The zero-order valence-electron chi connectivity index (χ0n) is 38.2. The van der Waals surface area contributed by atoms with Crippen molar-refractivity contribution in [3.05, 3.63) is 148 Å². The van der Waals surface area contributed by atoms with Gasteiger partial charge in [0.1, 0.15) is 0 Å². The minimum atomic E-state index is -2.55. The Kier molecular flexibility index (Phi) is 8.31. The van der Waals surface area contributed by atoms with Gasteiger partial charge in [0.25, 0.3) is 0 Å². The minimum Gasteiger partial charge on any atom is -0.486 e. The van der Waals surface area contributed by atoms with Crippen LogP contribution in [0.2, 0.25) is 0 Å². The van der Waals surface area contributed by atoms with Crippen molar-refractivity contribution in [2.75, 3.05) is 0 Å². The Bertz CT molecular complexity index is 2600. The topological polar surface area (TPSA) is 51.8 Å². The van der Waals surface area contributed by atoms with Gasteiger partial charge in [-0.3, -0.25) is 0 Å². The Morgan fingerprint density at radius 2 is 1.51 bits per heavy atom. The standard InChI is InChI=1S/C32H33N2O.C14H14N.Ir/c1-20-19-33-28(26-10-8-9-24-25-16-11-21(2)34-30(25)35-29(24)26)17-27(20)32(6,7)18-22-12-14-23(15-13-22)31(3,4)5;1-10-4-6-13(7-5-10)14-8-11(2)12(3)9-15-14;/h8-9,11-17,19H,18H2,1-7H3;4-6,8-9H,1-3H3;/q2*-1;/i1D3,2D3,18D2;;. The molecule has 1 radical (unpaired) electrons. The van der Waals surface area contributed by atoms with E-state index >= 15 is 0 Å². The number of rotatable bonds is 5. The quantitative estimate of drug-likeness (QED) is 0.162. The molecule has 3 aromatic carbocycles. The van der Waals surface area contributed by atoms with Gasteiger partial charge in [0.05, 0.1) is 5.58 Å². The van der Waals surface area contributed by atoms with E-state index in [4.69, 9.17) is 12.6 Å². The summed E-state index contributed by atoms with van der Waals surface area (Å²) in [5.74, 6) is 0. The molecule has 0 saturated heterocycles. The maximum absolute atomic E-state index is 9.27. The van der Waals surface area contributed by atoms with Crippen molar-refractivity contribution < 1.29 is 35.5 Å². The first-order valence-electron chi connectivity index (χ1n) is 20.7. The molecule has 0 aliphatic heterocycles. The Labute approximate surface area is 328 Å². The molecule has 0 atom stereocenters. The molecule has 4 heterocycles. The summed E-state index contributed by atoms with van der Waals surface area (Å²) in [5.41, 5.74) is 7.30. The number of pyridine rings is 3. The van der Waals surface area contributed by atoms with E-state index in [1.807, 2.05) is 24.4 Å². The molecule has 0 aliphatic carbocycles. The number of hydrogen-bond acceptors (Lipinski definition) is 4. The first-order chi connectivity index (χ1) is 26.9. The van der Waals surface area contributed by atoms with Crippen LogP contribution in [0.15, 0.2) is 95.7 Å². The van der Waals surface area contributed by atoms with Crippen LogP contribution in [0.1, 0.15) is 90.2 Å². The molecule has 5 heteroatoms. The summed E-state index contributed by atoms with van der Waals surface area (Å²) in [6.07, 6.45) is 1.23. The van der Waals surface area contributed by atoms with E-state index in [0.717, 1.165) is 16.8 Å². The number of nitrogens with zero attached hydrogens (tertiary/aromatic N) is 3. The van der Waals surface area contributed by atoms with Crippen LogP contribution in [0.25, 0.3) is 44.6 Å². The van der Waals surface area contributed by atoms with E-state index in [2.05, 4.69) is 86.8 Å². The number of benzene rings is 3. The van der Waals surface area contributed by atoms with Crippen molar-refractivity contribution in [2.24, 2.45) is 0 Å². The van der Waals surface area contributed by atoms with Gasteiger partial charge in [-0.15, -0.1) is 53.6 Å². The van der Waals surface area contributed by atoms with Crippen molar-refractivity contribution in [2.45, 2.75) is 86.3 Å². The molecule has 0 saturated carbocycles. The normalized spacial score (nSPS) is 14.7. The SMILES string of the molecule is Cc1c[c-]c(-c2cc(C)c(C)cn2)cc1.[2H]C([2H])([2H])c1ccc2c(n1)oc1c(-c3cc(C(C)(C)C([2H])([2H])c4ccc(C(C)(C)C)cc4)c(C([2H])([2H])[2H])cn3)[c-]ccc12.[Ir]. The number of fused-ring (bicyclic) bond motifs is 3. The van der Waals surface area contributed by atoms with Gasteiger partial charge >= 0.3 is 0 Å². The molecule has 0 aliphatic rings. The second-order valence-corrected chi connectivity index (χ2v) is 14.4. The molecule has 4 nitrogen and oxygen atoms in total. The second-order valence-electron chi connectivity index (χ2n) is 14.4. The van der Waals surface area contributed by atoms with Gasteiger partial charge in [0.2, 0.25) is 5.71 Å². The molecule has 4 aromatic heterocycles. The van der Waals surface area contributed by atoms with E-state index in [0.29, 0.717) is 33.2 Å². The van der Waals surface area contributed by atoms with Gasteiger partial charge in [-0.1, -0.05) is 94.5 Å². The van der Waals surface area contributed by atoms with E-state index in [-0.39, 0.29) is 48.1 Å². The molecule has 0 fully saturated rings. The largest absolute Gasteiger partial charge is 0.486 e. The molecule has 0 spiro atoms. The second kappa shape index (κ2) is 15.0. The molecule has 0 bridgehead atoms. The Hall–Kier alpha value is -4.44. The third-order valence-corrected chi connectivity index (χ3v) is 8.96. The third-order valence-electron chi connectivity index (χ3n) is 8.96. The summed E-state index contributed by atoms with van der Waals surface area (Å²) >= 11 is 0. The number of hydrogen-bond donors (Lipinski definition) is 0. The zero-order chi connectivity index (χ0) is 42.6. The van der Waals surface area contributed by atoms with Gasteiger partial charge in [0.15, 0.2) is 0 Å². The average Bonchev–Trinajstić information content (AvgIpc) is 3.53. The molecule has 7 rings (SSSR count). The van der Waals surface area contributed by atoms with Crippen molar-refractivity contribution >= 4 is 22.1 Å². The van der Waals surface area contributed by atoms with Gasteiger partial charge in [-0.2, -0.15) is 0 Å². The van der Waals surface area contributed by atoms with E-state index < -0.39 is 25.5 Å². The summed E-state index contributed by atoms with van der Waals surface area (Å²) in [6.45, 7) is 11.0. The van der Waals surface area contributed by atoms with Crippen LogP contribution in [0.4, 0.5) is 0 Å². The predicted molar refractivity (Wildman–Crippen MR) is 208 cm³/mol. The molecule has 0 unspecified atom stereocenters. The fourth-order valence-corrected chi connectivity index (χ4v) is 5.84. The van der Waals surface area contributed by atoms with Crippen molar-refractivity contribution in [1.82, 2.24) is 15.0 Å². The summed E-state index contributed by atoms with van der Waals surface area (Å²) in [5, 5.41) is 1.29. The Morgan fingerprint density at radius 1 is 0.765 bits per heavy atom. The van der Waals surface area contributed by atoms with Crippen LogP contribution in [0.3, 0.4) is 0 Å². The van der Waals surface area contributed by atoms with Crippen LogP contribution in [0, 0.1) is 46.6 Å². The van der Waals surface area contributed by atoms with Crippen molar-refractivity contribution in [3.63, 3.8) is 0 Å². The van der Waals surface area contributed by atoms with Gasteiger partial charge < -0.3 is 14.4 Å².